The molecule has 0 aliphatic heterocycles. The van der Waals surface area contributed by atoms with Gasteiger partial charge in [0.2, 0.25) is 5.88 Å². The van der Waals surface area contributed by atoms with Gasteiger partial charge in [-0.1, -0.05) is 0 Å². The summed E-state index contributed by atoms with van der Waals surface area (Å²) in [5.41, 5.74) is 5.60. The molecule has 0 unspecified atom stereocenters. The van der Waals surface area contributed by atoms with E-state index in [1.165, 1.54) is 12.4 Å². The van der Waals surface area contributed by atoms with Crippen molar-refractivity contribution in [2.45, 2.75) is 6.92 Å². The van der Waals surface area contributed by atoms with Crippen molar-refractivity contribution in [3.8, 4) is 11.6 Å². The van der Waals surface area contributed by atoms with Gasteiger partial charge in [-0.05, 0) is 6.92 Å². The summed E-state index contributed by atoms with van der Waals surface area (Å²) in [6.07, 6.45) is 1.27. The van der Waals surface area contributed by atoms with Crippen LogP contribution in [0.2, 0.25) is 0 Å². The Morgan fingerprint density at radius 2 is 1.88 bits per heavy atom. The van der Waals surface area contributed by atoms with E-state index in [1.807, 2.05) is 0 Å². The summed E-state index contributed by atoms with van der Waals surface area (Å²) in [7, 11) is 0. The van der Waals surface area contributed by atoms with Gasteiger partial charge in [-0.2, -0.15) is 0 Å². The molecule has 17 heavy (non-hydrogen) atoms. The molecule has 0 saturated heterocycles. The Morgan fingerprint density at radius 1 is 1.12 bits per heavy atom. The van der Waals surface area contributed by atoms with Crippen molar-refractivity contribution in [3.63, 3.8) is 0 Å². The van der Waals surface area contributed by atoms with Crippen LogP contribution in [0, 0.1) is 18.6 Å². The first-order valence-corrected chi connectivity index (χ1v) is 4.77. The lowest BCUT2D eigenvalue weighted by Crippen LogP contribution is -1.97. The minimum atomic E-state index is -0.750. The number of nitrogens with two attached hydrogens (primary N) is 1. The van der Waals surface area contributed by atoms with E-state index in [4.69, 9.17) is 10.5 Å². The summed E-state index contributed by atoms with van der Waals surface area (Å²) in [5.74, 6) is -1.62. The molecule has 2 N–H and O–H groups in total. The third-order valence-corrected chi connectivity index (χ3v) is 2.04. The maximum Gasteiger partial charge on any atom is 0.222 e. The lowest BCUT2D eigenvalue weighted by Gasteiger charge is -2.07. The topological polar surface area (TPSA) is 61.0 Å². The molecule has 1 heterocycles. The van der Waals surface area contributed by atoms with Crippen molar-refractivity contribution in [3.05, 3.63) is 41.9 Å². The van der Waals surface area contributed by atoms with Crippen LogP contribution in [0.4, 0.5) is 14.5 Å². The van der Waals surface area contributed by atoms with Crippen LogP contribution in [0.25, 0.3) is 0 Å². The predicted octanol–water partition coefficient (Wildman–Crippen LogP) is 2.44. The SMILES string of the molecule is Cc1cc(Oc2cc(F)c(N)cc2F)ncn1. The van der Waals surface area contributed by atoms with Crippen molar-refractivity contribution in [1.29, 1.82) is 0 Å². The lowest BCUT2D eigenvalue weighted by atomic mass is 10.3. The largest absolute Gasteiger partial charge is 0.436 e. The highest BCUT2D eigenvalue weighted by Gasteiger charge is 2.10. The van der Waals surface area contributed by atoms with Crippen LogP contribution < -0.4 is 10.5 Å². The monoisotopic (exact) mass is 237 g/mol. The highest BCUT2D eigenvalue weighted by atomic mass is 19.1. The molecular weight excluding hydrogens is 228 g/mol. The Hall–Kier alpha value is -2.24. The second-order valence-electron chi connectivity index (χ2n) is 3.40. The minimum absolute atomic E-state index is 0.139. The van der Waals surface area contributed by atoms with Gasteiger partial charge in [0, 0.05) is 23.9 Å². The molecule has 1 aromatic carbocycles. The molecule has 6 heteroatoms. The average molecular weight is 237 g/mol. The van der Waals surface area contributed by atoms with Crippen LogP contribution in [0.15, 0.2) is 24.5 Å². The van der Waals surface area contributed by atoms with Gasteiger partial charge >= 0.3 is 0 Å². The fourth-order valence-electron chi connectivity index (χ4n) is 1.22. The van der Waals surface area contributed by atoms with Gasteiger partial charge < -0.3 is 10.5 Å². The normalized spacial score (nSPS) is 10.3. The van der Waals surface area contributed by atoms with Gasteiger partial charge in [0.25, 0.3) is 0 Å². The van der Waals surface area contributed by atoms with E-state index in [0.717, 1.165) is 12.1 Å². The molecule has 0 bridgehead atoms. The number of nitrogen functional groups attached to an aromatic ring is 1. The number of hydrogen-bond acceptors (Lipinski definition) is 4. The Kier molecular flexibility index (Phi) is 2.86. The third-order valence-electron chi connectivity index (χ3n) is 2.04. The minimum Gasteiger partial charge on any atom is -0.436 e. The fraction of sp³-hybridized carbons (Fsp3) is 0.0909. The molecule has 1 aromatic heterocycles. The van der Waals surface area contributed by atoms with Crippen LogP contribution >= 0.6 is 0 Å². The van der Waals surface area contributed by atoms with Gasteiger partial charge in [-0.15, -0.1) is 0 Å². The zero-order valence-electron chi connectivity index (χ0n) is 8.95. The summed E-state index contributed by atoms with van der Waals surface area (Å²) in [4.78, 5) is 7.63. The van der Waals surface area contributed by atoms with Gasteiger partial charge in [0.05, 0.1) is 5.69 Å². The standard InChI is InChI=1S/C11H9F2N3O/c1-6-2-11(16-5-15-6)17-10-4-7(12)9(14)3-8(10)13/h2-5H,14H2,1H3. The fourth-order valence-corrected chi connectivity index (χ4v) is 1.22. The lowest BCUT2D eigenvalue weighted by molar-refractivity contribution is 0.421. The number of aryl methyl sites for hydroxylation is 1. The van der Waals surface area contributed by atoms with E-state index in [2.05, 4.69) is 9.97 Å². The molecule has 88 valence electrons. The molecule has 0 aliphatic rings. The smallest absolute Gasteiger partial charge is 0.222 e. The number of benzene rings is 1. The van der Waals surface area contributed by atoms with Crippen molar-refractivity contribution >= 4 is 5.69 Å². The highest BCUT2D eigenvalue weighted by molar-refractivity contribution is 5.45. The molecule has 2 aromatic rings. The van der Waals surface area contributed by atoms with E-state index in [1.54, 1.807) is 6.92 Å². The van der Waals surface area contributed by atoms with E-state index >= 15 is 0 Å². The molecule has 2 rings (SSSR count). The molecule has 0 spiro atoms. The third kappa shape index (κ3) is 2.47. The number of aromatic nitrogens is 2. The maximum atomic E-state index is 13.4. The van der Waals surface area contributed by atoms with Gasteiger partial charge in [0.1, 0.15) is 12.1 Å². The highest BCUT2D eigenvalue weighted by Crippen LogP contribution is 2.26. The predicted molar refractivity (Wildman–Crippen MR) is 57.6 cm³/mol. The van der Waals surface area contributed by atoms with Crippen molar-refractivity contribution < 1.29 is 13.5 Å². The Labute approximate surface area is 96.1 Å². The van der Waals surface area contributed by atoms with E-state index in [0.29, 0.717) is 5.69 Å². The van der Waals surface area contributed by atoms with E-state index in [-0.39, 0.29) is 17.3 Å². The number of nitrogens with zero attached hydrogens (tertiary/aromatic N) is 2. The van der Waals surface area contributed by atoms with E-state index < -0.39 is 11.6 Å². The summed E-state index contributed by atoms with van der Waals surface area (Å²) in [5, 5.41) is 0. The molecule has 0 fully saturated rings. The maximum absolute atomic E-state index is 13.4. The first kappa shape index (κ1) is 11.3. The van der Waals surface area contributed by atoms with Gasteiger partial charge in [-0.3, -0.25) is 0 Å². The number of anilines is 1. The summed E-state index contributed by atoms with van der Waals surface area (Å²) in [6, 6.07) is 3.24. The molecule has 0 radical (unpaired) electrons. The number of ether oxygens (including phenoxy) is 1. The zero-order chi connectivity index (χ0) is 12.4. The number of rotatable bonds is 2. The summed E-state index contributed by atoms with van der Waals surface area (Å²) in [6.45, 7) is 1.73. The van der Waals surface area contributed by atoms with E-state index in [9.17, 15) is 8.78 Å². The molecule has 4 nitrogen and oxygen atoms in total. The quantitative estimate of drug-likeness (QED) is 0.815. The molecule has 0 amide bonds. The summed E-state index contributed by atoms with van der Waals surface area (Å²) >= 11 is 0. The first-order chi connectivity index (χ1) is 8.06. The molecular formula is C11H9F2N3O. The summed E-state index contributed by atoms with van der Waals surface area (Å²) < 4.78 is 31.6. The number of hydrogen-bond donors (Lipinski definition) is 1. The van der Waals surface area contributed by atoms with Crippen LogP contribution in [-0.4, -0.2) is 9.97 Å². The molecule has 0 saturated carbocycles. The van der Waals surface area contributed by atoms with Crippen molar-refractivity contribution in [1.82, 2.24) is 9.97 Å². The van der Waals surface area contributed by atoms with Gasteiger partial charge in [-0.25, -0.2) is 18.7 Å². The van der Waals surface area contributed by atoms with Gasteiger partial charge in [0.15, 0.2) is 11.6 Å². The number of halogens is 2. The Morgan fingerprint density at radius 3 is 2.59 bits per heavy atom. The Bertz CT molecular complexity index is 560. The van der Waals surface area contributed by atoms with Crippen LogP contribution in [0.3, 0.4) is 0 Å². The average Bonchev–Trinajstić information content (AvgIpc) is 2.26. The second kappa shape index (κ2) is 4.32. The first-order valence-electron chi connectivity index (χ1n) is 4.77. The molecule has 0 atom stereocenters. The van der Waals surface area contributed by atoms with Crippen molar-refractivity contribution in [2.75, 3.05) is 5.73 Å². The van der Waals surface area contributed by atoms with Crippen LogP contribution in [0.5, 0.6) is 11.6 Å². The van der Waals surface area contributed by atoms with Crippen LogP contribution in [0.1, 0.15) is 5.69 Å². The van der Waals surface area contributed by atoms with Crippen molar-refractivity contribution in [2.24, 2.45) is 0 Å². The zero-order valence-corrected chi connectivity index (χ0v) is 8.95. The second-order valence-corrected chi connectivity index (χ2v) is 3.40. The Balaban J connectivity index is 2.33. The molecule has 0 aliphatic carbocycles. The van der Waals surface area contributed by atoms with Crippen LogP contribution in [-0.2, 0) is 0 Å².